The number of thiophene rings is 1. The summed E-state index contributed by atoms with van der Waals surface area (Å²) in [6, 6.07) is 80.6. The topological polar surface area (TPSA) is 218 Å². The van der Waals surface area contributed by atoms with E-state index in [1.807, 2.05) is 155 Å². The highest BCUT2D eigenvalue weighted by molar-refractivity contribution is 7.91. The second-order valence-corrected chi connectivity index (χ2v) is 41.2. The van der Waals surface area contributed by atoms with Gasteiger partial charge in [0.25, 0.3) is 0 Å². The number of nitrogens with one attached hydrogen (secondary N) is 1. The standard InChI is InChI=1S/C19H24N2O2S.C18H18N2.C18H23NO2S.C17H18N2.C16H18N2O2.C15H17N.C12H13NS/c1-15(2)19-18(7-6-12-20-19)16-8-10-17(11-9-16)24(22,23)21-13-4-3-5-14-21;1-12(2)18-16(5-4-10-19-18)14-8-9-17-15(11-14)7-6-13(3)20-17;1-13(2)12-22(20,21)16-9-7-15(8-10-16)17-6-5-11-19-18(17)14(3)4;1-12(2)17-15(5-4-9-18-17)14-7-6-13-8-10-19(3)16(13)11-14;1-11(2)15-14(5-4-10-17-15)12-6-8-13(9-7-12)18-16(19)20-3;1-11(2)15-14(5-4-10-16-15)13-8-6-12(3)7-9-13;1-9(2)12-11(4-3-6-13-12)10-5-7-14-8-10/h6-12,15H,3-5,13-14H2,1-2H3;4-12H,1-3H3;5-11,13-14H,12H2,1-4H3;4-12H,1-3H3;4-11H,1-3H3,(H,18,19);4-11H,1-3H3;3-9H,1-2H3. The summed E-state index contributed by atoms with van der Waals surface area (Å²) in [5.74, 6) is 3.08. The van der Waals surface area contributed by atoms with Crippen LogP contribution in [0.2, 0.25) is 0 Å². The average Bonchev–Trinajstić information content (AvgIpc) is 1.08. The SMILES string of the molecule is CC(C)CS(=O)(=O)c1ccc(-c2cccnc2C(C)C)cc1.CC(C)c1ncccc1-c1ccc(S(=O)(=O)N2CCCCC2)cc1.CC(C)c1ncccc1-c1ccc2ccn(C)c2c1.CC(C)c1ncccc1-c1ccsc1.COC(=O)Nc1ccc(-c2cccnc2C(C)C)cc1.Cc1ccc(-c2cccnc2C(C)C)cc1.Cc1ccc2cc(-c3cccnc3C(C)C)ccc2n1. The molecule has 135 heavy (non-hydrogen) atoms. The van der Waals surface area contributed by atoms with Crippen LogP contribution < -0.4 is 5.32 Å². The Balaban J connectivity index is 0.000000152. The Labute approximate surface area is 805 Å². The van der Waals surface area contributed by atoms with Gasteiger partial charge in [0.15, 0.2) is 9.84 Å². The van der Waals surface area contributed by atoms with E-state index in [9.17, 15) is 21.6 Å². The lowest BCUT2D eigenvalue weighted by molar-refractivity contribution is 0.187. The van der Waals surface area contributed by atoms with E-state index in [0.29, 0.717) is 70.0 Å². The number of ether oxygens (including phenoxy) is 1. The number of piperidine rings is 1. The molecule has 0 saturated carbocycles. The highest BCUT2D eigenvalue weighted by atomic mass is 32.2. The maximum absolute atomic E-state index is 12.7. The number of aryl methyl sites for hydroxylation is 3. The maximum atomic E-state index is 12.7. The number of aromatic nitrogens is 9. The van der Waals surface area contributed by atoms with Crippen molar-refractivity contribution >= 4 is 64.8 Å². The molecule has 0 radical (unpaired) electrons. The van der Waals surface area contributed by atoms with Gasteiger partial charge in [0.2, 0.25) is 10.0 Å². The Hall–Kier alpha value is -12.9. The minimum atomic E-state index is -3.37. The minimum Gasteiger partial charge on any atom is -0.453 e. The van der Waals surface area contributed by atoms with Crippen LogP contribution in [0.5, 0.6) is 0 Å². The third-order valence-corrected chi connectivity index (χ3v) is 27.7. The van der Waals surface area contributed by atoms with E-state index >= 15 is 0 Å². The van der Waals surface area contributed by atoms with Crippen molar-refractivity contribution in [2.24, 2.45) is 13.0 Å². The number of sulfone groups is 1. The van der Waals surface area contributed by atoms with E-state index < -0.39 is 26.0 Å². The number of nitrogens with zero attached hydrogens (tertiary/aromatic N) is 10. The monoisotopic (exact) mass is 1860 g/mol. The summed E-state index contributed by atoms with van der Waals surface area (Å²) in [5.41, 5.74) is 29.4. The summed E-state index contributed by atoms with van der Waals surface area (Å²) < 4.78 is 58.3. The number of sulfonamides is 1. The maximum Gasteiger partial charge on any atom is 0.411 e. The predicted molar refractivity (Wildman–Crippen MR) is 561 cm³/mol. The molecule has 0 aliphatic carbocycles. The fraction of sp³-hybridized carbons (Fsp3) is 0.296. The van der Waals surface area contributed by atoms with Gasteiger partial charge < -0.3 is 9.30 Å². The molecule has 17 nitrogen and oxygen atoms in total. The van der Waals surface area contributed by atoms with E-state index in [2.05, 4.69) is 298 Å². The Bertz CT molecular complexity index is 6750. The largest absolute Gasteiger partial charge is 0.453 e. The number of methoxy groups -OCH3 is 1. The van der Waals surface area contributed by atoms with Crippen molar-refractivity contribution in [3.05, 3.63) is 354 Å². The van der Waals surface area contributed by atoms with Crippen LogP contribution in [0.4, 0.5) is 10.5 Å². The molecule has 16 aromatic rings. The molecule has 700 valence electrons. The second kappa shape index (κ2) is 48.9. The first-order chi connectivity index (χ1) is 64.7. The van der Waals surface area contributed by atoms with Gasteiger partial charge in [0.1, 0.15) is 0 Å². The second-order valence-electron chi connectivity index (χ2n) is 36.5. The number of fused-ring (bicyclic) bond motifs is 2. The number of carbonyl (C=O) groups is 1. The van der Waals surface area contributed by atoms with Gasteiger partial charge in [-0.15, -0.1) is 0 Å². The normalized spacial score (nSPS) is 12.1. The van der Waals surface area contributed by atoms with Crippen LogP contribution in [-0.4, -0.2) is 97.6 Å². The molecule has 1 aliphatic heterocycles. The average molecular weight is 1860 g/mol. The van der Waals surface area contributed by atoms with Gasteiger partial charge in [-0.2, -0.15) is 15.6 Å². The van der Waals surface area contributed by atoms with Crippen molar-refractivity contribution in [3.8, 4) is 77.9 Å². The van der Waals surface area contributed by atoms with Crippen molar-refractivity contribution in [2.45, 2.75) is 195 Å². The van der Waals surface area contributed by atoms with E-state index in [1.165, 1.54) is 84.9 Å². The summed E-state index contributed by atoms with van der Waals surface area (Å²) in [6.07, 6.45) is 17.5. The quantitative estimate of drug-likeness (QED) is 0.0751. The van der Waals surface area contributed by atoms with Gasteiger partial charge in [-0.05, 0) is 244 Å². The molecule has 20 heteroatoms. The van der Waals surface area contributed by atoms with E-state index in [1.54, 1.807) is 52.3 Å². The van der Waals surface area contributed by atoms with Gasteiger partial charge >= 0.3 is 6.09 Å². The number of pyridine rings is 8. The molecule has 1 N–H and O–H groups in total. The van der Waals surface area contributed by atoms with Gasteiger partial charge in [0, 0.05) is 131 Å². The van der Waals surface area contributed by atoms with Crippen LogP contribution in [0, 0.1) is 19.8 Å². The minimum absolute atomic E-state index is 0.121. The third kappa shape index (κ3) is 27.9. The lowest BCUT2D eigenvalue weighted by Gasteiger charge is -2.26. The smallest absolute Gasteiger partial charge is 0.411 e. The molecule has 0 spiro atoms. The van der Waals surface area contributed by atoms with Crippen molar-refractivity contribution in [2.75, 3.05) is 31.3 Å². The number of amides is 1. The van der Waals surface area contributed by atoms with E-state index in [-0.39, 0.29) is 11.7 Å². The van der Waals surface area contributed by atoms with Crippen molar-refractivity contribution in [1.29, 1.82) is 0 Å². The van der Waals surface area contributed by atoms with E-state index in [0.717, 1.165) is 92.3 Å². The molecule has 17 rings (SSSR count). The number of anilines is 1. The summed E-state index contributed by atoms with van der Waals surface area (Å²) in [5, 5.41) is 9.36. The molecule has 0 unspecified atom stereocenters. The molecule has 1 saturated heterocycles. The summed E-state index contributed by atoms with van der Waals surface area (Å²) in [7, 11) is -3.15. The lowest BCUT2D eigenvalue weighted by atomic mass is 9.96. The Kier molecular flexibility index (Phi) is 37.2. The molecular weight excluding hydrogens is 1730 g/mol. The zero-order valence-corrected chi connectivity index (χ0v) is 84.3. The summed E-state index contributed by atoms with van der Waals surface area (Å²) >= 11 is 1.73. The number of carbonyl (C=O) groups excluding carboxylic acids is 1. The fourth-order valence-corrected chi connectivity index (χ4v) is 20.0. The Morgan fingerprint density at radius 1 is 0.385 bits per heavy atom. The number of rotatable bonds is 20. The highest BCUT2D eigenvalue weighted by Gasteiger charge is 2.27. The number of benzene rings is 6. The van der Waals surface area contributed by atoms with Gasteiger partial charge in [-0.25, -0.2) is 21.6 Å². The summed E-state index contributed by atoms with van der Waals surface area (Å²) in [6.45, 7) is 39.3. The van der Waals surface area contributed by atoms with Crippen LogP contribution in [0.3, 0.4) is 0 Å². The van der Waals surface area contributed by atoms with Crippen molar-refractivity contribution in [1.82, 2.24) is 48.7 Å². The van der Waals surface area contributed by atoms with Crippen LogP contribution >= 0.6 is 11.3 Å². The Morgan fingerprint density at radius 2 is 0.733 bits per heavy atom. The van der Waals surface area contributed by atoms with Crippen LogP contribution in [-0.2, 0) is 31.6 Å². The fourth-order valence-electron chi connectivity index (χ4n) is 16.2. The van der Waals surface area contributed by atoms with Crippen LogP contribution in [0.1, 0.15) is 223 Å². The molecule has 0 bridgehead atoms. The molecule has 1 amide bonds. The highest BCUT2D eigenvalue weighted by Crippen LogP contribution is 2.37. The molecule has 10 aromatic heterocycles. The first-order valence-electron chi connectivity index (χ1n) is 46.8. The Morgan fingerprint density at radius 3 is 1.11 bits per heavy atom. The predicted octanol–water partition coefficient (Wildman–Crippen LogP) is 29.6. The molecular formula is C115H131N11O6S3. The van der Waals surface area contributed by atoms with E-state index in [4.69, 9.17) is 0 Å². The first kappa shape index (κ1) is 103. The molecule has 6 aromatic carbocycles. The zero-order valence-electron chi connectivity index (χ0n) is 81.9. The van der Waals surface area contributed by atoms with Crippen LogP contribution in [0.15, 0.2) is 313 Å². The molecule has 1 aliphatic rings. The molecule has 11 heterocycles. The molecule has 1 fully saturated rings. The number of hydrogen-bond donors (Lipinski definition) is 1. The van der Waals surface area contributed by atoms with Crippen molar-refractivity contribution < 1.29 is 26.4 Å². The summed E-state index contributed by atoms with van der Waals surface area (Å²) in [4.78, 5) is 47.8. The zero-order chi connectivity index (χ0) is 97.0. The van der Waals surface area contributed by atoms with Gasteiger partial charge in [0.05, 0.1) is 68.0 Å². The third-order valence-electron chi connectivity index (χ3n) is 23.1. The first-order valence-corrected chi connectivity index (χ1v) is 50.8. The lowest BCUT2D eigenvalue weighted by Crippen LogP contribution is -2.35. The van der Waals surface area contributed by atoms with Gasteiger partial charge in [-0.3, -0.25) is 45.2 Å². The molecule has 0 atom stereocenters. The van der Waals surface area contributed by atoms with Gasteiger partial charge in [-0.1, -0.05) is 250 Å². The van der Waals surface area contributed by atoms with Crippen LogP contribution in [0.25, 0.3) is 99.7 Å². The van der Waals surface area contributed by atoms with Crippen molar-refractivity contribution in [3.63, 3.8) is 0 Å². The number of hydrogen-bond acceptors (Lipinski definition) is 15.